The van der Waals surface area contributed by atoms with Gasteiger partial charge in [0, 0.05) is 19.2 Å². The topological polar surface area (TPSA) is 89.5 Å². The summed E-state index contributed by atoms with van der Waals surface area (Å²) in [6.07, 6.45) is 3.09. The van der Waals surface area contributed by atoms with Gasteiger partial charge in [-0.05, 0) is 24.8 Å². The van der Waals surface area contributed by atoms with Crippen LogP contribution in [0.3, 0.4) is 0 Å². The van der Waals surface area contributed by atoms with Gasteiger partial charge in [0.05, 0.1) is 10.5 Å². The Morgan fingerprint density at radius 3 is 2.65 bits per heavy atom. The number of hydrogen-bond acceptors (Lipinski definition) is 4. The molecule has 1 aromatic rings. The number of anilines is 1. The van der Waals surface area contributed by atoms with Crippen molar-refractivity contribution in [2.75, 3.05) is 18.8 Å². The molecule has 20 heavy (non-hydrogen) atoms. The first kappa shape index (κ1) is 14.3. The monoisotopic (exact) mass is 277 g/mol. The van der Waals surface area contributed by atoms with Crippen molar-refractivity contribution in [1.82, 2.24) is 4.90 Å². The first-order chi connectivity index (χ1) is 9.54. The number of hydrogen-bond donors (Lipinski definition) is 1. The molecule has 1 amide bonds. The van der Waals surface area contributed by atoms with Crippen LogP contribution in [0.1, 0.15) is 36.5 Å². The summed E-state index contributed by atoms with van der Waals surface area (Å²) < 4.78 is 0. The number of nitrogens with zero attached hydrogens (tertiary/aromatic N) is 2. The first-order valence-corrected chi connectivity index (χ1v) is 6.86. The van der Waals surface area contributed by atoms with Crippen molar-refractivity contribution in [3.63, 3.8) is 0 Å². The molecule has 1 fully saturated rings. The second kappa shape index (κ2) is 5.90. The molecule has 0 aromatic heterocycles. The van der Waals surface area contributed by atoms with Gasteiger partial charge in [0.15, 0.2) is 0 Å². The van der Waals surface area contributed by atoms with E-state index in [4.69, 9.17) is 5.73 Å². The maximum absolute atomic E-state index is 12.4. The molecule has 1 aliphatic rings. The van der Waals surface area contributed by atoms with Crippen molar-refractivity contribution in [3.8, 4) is 0 Å². The Kier molecular flexibility index (Phi) is 4.22. The van der Waals surface area contributed by atoms with E-state index in [1.807, 2.05) is 0 Å². The number of benzene rings is 1. The first-order valence-electron chi connectivity index (χ1n) is 6.86. The van der Waals surface area contributed by atoms with Gasteiger partial charge in [-0.15, -0.1) is 0 Å². The number of carbonyl (C=O) groups is 1. The van der Waals surface area contributed by atoms with Crippen molar-refractivity contribution < 1.29 is 9.72 Å². The van der Waals surface area contributed by atoms with E-state index in [9.17, 15) is 14.9 Å². The largest absolute Gasteiger partial charge is 0.393 e. The number of amides is 1. The molecule has 0 bridgehead atoms. The standard InChI is InChI=1S/C14H19N3O3/c1-2-10-6-8-16(9-7-10)14(18)11-4-3-5-12(13(11)15)17(19)20/h3-5,10H,2,6-9,15H2,1H3. The lowest BCUT2D eigenvalue weighted by Crippen LogP contribution is -2.38. The zero-order chi connectivity index (χ0) is 14.7. The van der Waals surface area contributed by atoms with Crippen LogP contribution in [0.2, 0.25) is 0 Å². The van der Waals surface area contributed by atoms with Gasteiger partial charge in [0.25, 0.3) is 11.6 Å². The Morgan fingerprint density at radius 2 is 2.10 bits per heavy atom. The van der Waals surface area contributed by atoms with E-state index in [0.717, 1.165) is 19.3 Å². The average Bonchev–Trinajstić information content (AvgIpc) is 2.46. The molecule has 0 atom stereocenters. The number of rotatable bonds is 3. The molecule has 0 aliphatic carbocycles. The van der Waals surface area contributed by atoms with Crippen LogP contribution in [0.4, 0.5) is 11.4 Å². The van der Waals surface area contributed by atoms with Crippen LogP contribution in [0.5, 0.6) is 0 Å². The third kappa shape index (κ3) is 2.74. The SMILES string of the molecule is CCC1CCN(C(=O)c2cccc([N+](=O)[O-])c2N)CC1. The molecule has 1 heterocycles. The number of para-hydroxylation sites is 1. The highest BCUT2D eigenvalue weighted by atomic mass is 16.6. The predicted molar refractivity (Wildman–Crippen MR) is 76.4 cm³/mol. The molecule has 108 valence electrons. The van der Waals surface area contributed by atoms with E-state index >= 15 is 0 Å². The third-order valence-corrected chi connectivity index (χ3v) is 3.99. The maximum atomic E-state index is 12.4. The summed E-state index contributed by atoms with van der Waals surface area (Å²) in [6, 6.07) is 4.37. The van der Waals surface area contributed by atoms with Gasteiger partial charge < -0.3 is 10.6 Å². The fourth-order valence-electron chi connectivity index (χ4n) is 2.61. The smallest absolute Gasteiger partial charge is 0.292 e. The van der Waals surface area contributed by atoms with E-state index in [2.05, 4.69) is 6.92 Å². The molecular formula is C14H19N3O3. The second-order valence-corrected chi connectivity index (χ2v) is 5.14. The highest BCUT2D eigenvalue weighted by Crippen LogP contribution is 2.27. The van der Waals surface area contributed by atoms with Gasteiger partial charge in [-0.3, -0.25) is 14.9 Å². The Balaban J connectivity index is 2.18. The number of nitrogens with two attached hydrogens (primary N) is 1. The van der Waals surface area contributed by atoms with E-state index in [0.29, 0.717) is 19.0 Å². The second-order valence-electron chi connectivity index (χ2n) is 5.14. The predicted octanol–water partition coefficient (Wildman–Crippen LogP) is 2.44. The average molecular weight is 277 g/mol. The molecule has 2 N–H and O–H groups in total. The fraction of sp³-hybridized carbons (Fsp3) is 0.500. The lowest BCUT2D eigenvalue weighted by atomic mass is 9.94. The molecule has 0 radical (unpaired) electrons. The zero-order valence-electron chi connectivity index (χ0n) is 11.5. The zero-order valence-corrected chi connectivity index (χ0v) is 11.5. The van der Waals surface area contributed by atoms with Gasteiger partial charge in [-0.25, -0.2) is 0 Å². The van der Waals surface area contributed by atoms with Crippen molar-refractivity contribution >= 4 is 17.3 Å². The number of likely N-dealkylation sites (tertiary alicyclic amines) is 1. The maximum Gasteiger partial charge on any atom is 0.292 e. The summed E-state index contributed by atoms with van der Waals surface area (Å²) in [4.78, 5) is 24.4. The molecule has 1 saturated heterocycles. The minimum absolute atomic E-state index is 0.0416. The van der Waals surface area contributed by atoms with Gasteiger partial charge in [-0.2, -0.15) is 0 Å². The minimum Gasteiger partial charge on any atom is -0.393 e. The Bertz CT molecular complexity index is 522. The number of piperidine rings is 1. The van der Waals surface area contributed by atoms with Crippen LogP contribution in [0, 0.1) is 16.0 Å². The van der Waals surface area contributed by atoms with Gasteiger partial charge in [0.2, 0.25) is 0 Å². The van der Waals surface area contributed by atoms with Crippen molar-refractivity contribution in [3.05, 3.63) is 33.9 Å². The summed E-state index contributed by atoms with van der Waals surface area (Å²) in [5, 5.41) is 10.9. The van der Waals surface area contributed by atoms with Crippen molar-refractivity contribution in [2.24, 2.45) is 5.92 Å². The van der Waals surface area contributed by atoms with Crippen LogP contribution < -0.4 is 5.73 Å². The highest BCUT2D eigenvalue weighted by molar-refractivity contribution is 6.01. The fourth-order valence-corrected chi connectivity index (χ4v) is 2.61. The quantitative estimate of drug-likeness (QED) is 0.522. The Morgan fingerprint density at radius 1 is 1.45 bits per heavy atom. The summed E-state index contributed by atoms with van der Waals surface area (Å²) in [6.45, 7) is 3.54. The van der Waals surface area contributed by atoms with E-state index in [1.165, 1.54) is 12.1 Å². The van der Waals surface area contributed by atoms with Crippen LogP contribution >= 0.6 is 0 Å². The van der Waals surface area contributed by atoms with Gasteiger partial charge in [-0.1, -0.05) is 19.4 Å². The van der Waals surface area contributed by atoms with Crippen LogP contribution in [-0.4, -0.2) is 28.8 Å². The van der Waals surface area contributed by atoms with E-state index < -0.39 is 4.92 Å². The molecule has 1 aromatic carbocycles. The summed E-state index contributed by atoms with van der Waals surface area (Å²) in [7, 11) is 0. The molecule has 0 saturated carbocycles. The number of nitro groups is 1. The summed E-state index contributed by atoms with van der Waals surface area (Å²) >= 11 is 0. The number of nitro benzene ring substituents is 1. The molecule has 1 aliphatic heterocycles. The summed E-state index contributed by atoms with van der Waals surface area (Å²) in [5.41, 5.74) is 5.74. The molecule has 6 heteroatoms. The third-order valence-electron chi connectivity index (χ3n) is 3.99. The Hall–Kier alpha value is -2.11. The van der Waals surface area contributed by atoms with Crippen molar-refractivity contribution in [1.29, 1.82) is 0 Å². The molecule has 0 unspecified atom stereocenters. The lowest BCUT2D eigenvalue weighted by Gasteiger charge is -2.31. The Labute approximate surface area is 117 Å². The van der Waals surface area contributed by atoms with Gasteiger partial charge >= 0.3 is 0 Å². The van der Waals surface area contributed by atoms with E-state index in [1.54, 1.807) is 11.0 Å². The highest BCUT2D eigenvalue weighted by Gasteiger charge is 2.26. The normalized spacial score (nSPS) is 16.1. The molecule has 6 nitrogen and oxygen atoms in total. The molecule has 0 spiro atoms. The summed E-state index contributed by atoms with van der Waals surface area (Å²) in [5.74, 6) is 0.460. The van der Waals surface area contributed by atoms with Crippen LogP contribution in [-0.2, 0) is 0 Å². The number of carbonyl (C=O) groups excluding carboxylic acids is 1. The minimum atomic E-state index is -0.560. The van der Waals surface area contributed by atoms with E-state index in [-0.39, 0.29) is 22.8 Å². The lowest BCUT2D eigenvalue weighted by molar-refractivity contribution is -0.383. The molecular weight excluding hydrogens is 258 g/mol. The van der Waals surface area contributed by atoms with Gasteiger partial charge in [0.1, 0.15) is 5.69 Å². The molecule has 2 rings (SSSR count). The van der Waals surface area contributed by atoms with Crippen LogP contribution in [0.25, 0.3) is 0 Å². The van der Waals surface area contributed by atoms with Crippen molar-refractivity contribution in [2.45, 2.75) is 26.2 Å². The number of nitrogen functional groups attached to an aromatic ring is 1. The van der Waals surface area contributed by atoms with Crippen LogP contribution in [0.15, 0.2) is 18.2 Å².